The third-order valence-electron chi connectivity index (χ3n) is 2.52. The average Bonchev–Trinajstić information content (AvgIpc) is 2.52. The van der Waals surface area contributed by atoms with Gasteiger partial charge in [-0.2, -0.15) is 0 Å². The Morgan fingerprint density at radius 3 is 2.62 bits per heavy atom. The molecule has 0 bridgehead atoms. The monoisotopic (exact) mass is 302 g/mol. The molecule has 21 heavy (non-hydrogen) atoms. The van der Waals surface area contributed by atoms with E-state index < -0.39 is 0 Å². The van der Waals surface area contributed by atoms with Crippen molar-refractivity contribution in [1.82, 2.24) is 15.8 Å². The van der Waals surface area contributed by atoms with Crippen molar-refractivity contribution in [2.75, 3.05) is 11.5 Å². The molecule has 0 saturated heterocycles. The third kappa shape index (κ3) is 4.50. The molecule has 2 aromatic rings. The number of pyridine rings is 1. The minimum atomic E-state index is -0.364. The number of aromatic nitrogens is 1. The van der Waals surface area contributed by atoms with Gasteiger partial charge >= 0.3 is 0 Å². The van der Waals surface area contributed by atoms with E-state index in [9.17, 15) is 9.59 Å². The van der Waals surface area contributed by atoms with Crippen LogP contribution >= 0.6 is 11.8 Å². The van der Waals surface area contributed by atoms with Gasteiger partial charge in [0.1, 0.15) is 0 Å². The highest BCUT2D eigenvalue weighted by molar-refractivity contribution is 8.00. The molecule has 2 amide bonds. The van der Waals surface area contributed by atoms with Gasteiger partial charge in [0.25, 0.3) is 5.91 Å². The minimum absolute atomic E-state index is 0.142. The molecule has 0 spiro atoms. The molecule has 7 heteroatoms. The lowest BCUT2D eigenvalue weighted by atomic mass is 10.2. The second-order valence-electron chi connectivity index (χ2n) is 4.07. The van der Waals surface area contributed by atoms with Crippen LogP contribution < -0.4 is 16.6 Å². The maximum Gasteiger partial charge on any atom is 0.269 e. The van der Waals surface area contributed by atoms with Crippen LogP contribution in [0.15, 0.2) is 53.7 Å². The van der Waals surface area contributed by atoms with Gasteiger partial charge < -0.3 is 5.73 Å². The largest absolute Gasteiger partial charge is 0.397 e. The number of thioether (sulfide) groups is 1. The zero-order valence-corrected chi connectivity index (χ0v) is 11.9. The maximum absolute atomic E-state index is 11.7. The smallest absolute Gasteiger partial charge is 0.269 e. The second kappa shape index (κ2) is 7.30. The first kappa shape index (κ1) is 14.9. The maximum atomic E-state index is 11.7. The fraction of sp³-hybridized carbons (Fsp3) is 0.0714. The molecule has 108 valence electrons. The van der Waals surface area contributed by atoms with Crippen molar-refractivity contribution in [1.29, 1.82) is 0 Å². The number of benzene rings is 1. The van der Waals surface area contributed by atoms with Crippen molar-refractivity contribution in [2.45, 2.75) is 4.90 Å². The number of amides is 2. The predicted octanol–water partition coefficient (Wildman–Crippen LogP) is 1.22. The highest BCUT2D eigenvalue weighted by Crippen LogP contribution is 2.22. The number of hydrogen-bond acceptors (Lipinski definition) is 5. The lowest BCUT2D eigenvalue weighted by Gasteiger charge is -2.08. The van der Waals surface area contributed by atoms with E-state index in [1.54, 1.807) is 36.5 Å². The van der Waals surface area contributed by atoms with Gasteiger partial charge in [-0.05, 0) is 18.2 Å². The number of anilines is 1. The third-order valence-corrected chi connectivity index (χ3v) is 3.61. The van der Waals surface area contributed by atoms with Crippen molar-refractivity contribution in [2.24, 2.45) is 0 Å². The summed E-state index contributed by atoms with van der Waals surface area (Å²) in [4.78, 5) is 28.0. The number of nitrogens with zero attached hydrogens (tertiary/aromatic N) is 1. The number of hydrazine groups is 1. The molecule has 1 heterocycles. The summed E-state index contributed by atoms with van der Waals surface area (Å²) in [5.74, 6) is -0.540. The molecule has 0 fully saturated rings. The van der Waals surface area contributed by atoms with E-state index in [2.05, 4.69) is 15.8 Å². The summed E-state index contributed by atoms with van der Waals surface area (Å²) in [7, 11) is 0. The minimum Gasteiger partial charge on any atom is -0.397 e. The molecule has 0 unspecified atom stereocenters. The van der Waals surface area contributed by atoms with Crippen molar-refractivity contribution in [3.8, 4) is 0 Å². The molecule has 0 aliphatic heterocycles. The van der Waals surface area contributed by atoms with Crippen molar-refractivity contribution in [3.63, 3.8) is 0 Å². The fourth-order valence-corrected chi connectivity index (χ4v) is 2.23. The van der Waals surface area contributed by atoms with Gasteiger partial charge in [0.2, 0.25) is 5.91 Å². The molecule has 0 aliphatic carbocycles. The first-order chi connectivity index (χ1) is 10.2. The van der Waals surface area contributed by atoms with Crippen LogP contribution in [0.2, 0.25) is 0 Å². The lowest BCUT2D eigenvalue weighted by molar-refractivity contribution is -0.119. The van der Waals surface area contributed by atoms with Gasteiger partial charge in [-0.15, -0.1) is 11.8 Å². The van der Waals surface area contributed by atoms with Crippen molar-refractivity contribution in [3.05, 3.63) is 54.4 Å². The second-order valence-corrected chi connectivity index (χ2v) is 5.09. The topological polar surface area (TPSA) is 97.1 Å². The standard InChI is InChI=1S/C14H14N4O2S/c15-11-8-16-7-6-12(11)21-9-13(19)17-18-14(20)10-4-2-1-3-5-10/h1-8H,9,15H2,(H,17,19)(H,18,20). The molecule has 2 rings (SSSR count). The van der Waals surface area contributed by atoms with Crippen molar-refractivity contribution >= 4 is 29.3 Å². The Kier molecular flexibility index (Phi) is 5.16. The molecule has 0 saturated carbocycles. The Morgan fingerprint density at radius 1 is 1.14 bits per heavy atom. The number of nitrogens with two attached hydrogens (primary N) is 1. The van der Waals surface area contributed by atoms with Gasteiger partial charge in [-0.1, -0.05) is 18.2 Å². The molecule has 0 atom stereocenters. The quantitative estimate of drug-likeness (QED) is 0.583. The van der Waals surface area contributed by atoms with Crippen LogP contribution in [0.25, 0.3) is 0 Å². The number of nitrogen functional groups attached to an aromatic ring is 1. The van der Waals surface area contributed by atoms with Crippen LogP contribution in [0.1, 0.15) is 10.4 Å². The highest BCUT2D eigenvalue weighted by Gasteiger charge is 2.08. The van der Waals surface area contributed by atoms with E-state index >= 15 is 0 Å². The van der Waals surface area contributed by atoms with Gasteiger partial charge in [-0.3, -0.25) is 25.4 Å². The van der Waals surface area contributed by atoms with Gasteiger partial charge in [0.15, 0.2) is 0 Å². The van der Waals surface area contributed by atoms with Crippen LogP contribution in [0.3, 0.4) is 0 Å². The summed E-state index contributed by atoms with van der Waals surface area (Å²) in [6.07, 6.45) is 3.13. The number of rotatable bonds is 4. The predicted molar refractivity (Wildman–Crippen MR) is 81.4 cm³/mol. The van der Waals surface area contributed by atoms with E-state index in [-0.39, 0.29) is 17.6 Å². The SMILES string of the molecule is Nc1cnccc1SCC(=O)NNC(=O)c1ccccc1. The highest BCUT2D eigenvalue weighted by atomic mass is 32.2. The van der Waals surface area contributed by atoms with E-state index in [1.807, 2.05) is 6.07 Å². The Bertz CT molecular complexity index is 634. The van der Waals surface area contributed by atoms with Crippen LogP contribution in [0, 0.1) is 0 Å². The zero-order valence-electron chi connectivity index (χ0n) is 11.1. The lowest BCUT2D eigenvalue weighted by Crippen LogP contribution is -2.42. The Balaban J connectivity index is 1.78. The molecule has 6 nitrogen and oxygen atoms in total. The zero-order chi connectivity index (χ0) is 15.1. The number of hydrogen-bond donors (Lipinski definition) is 3. The molecule has 4 N–H and O–H groups in total. The number of carbonyl (C=O) groups excluding carboxylic acids is 2. The molecule has 1 aromatic heterocycles. The first-order valence-corrected chi connectivity index (χ1v) is 7.12. The van der Waals surface area contributed by atoms with E-state index in [1.165, 1.54) is 18.0 Å². The molecule has 0 aliphatic rings. The number of carbonyl (C=O) groups is 2. The normalized spacial score (nSPS) is 9.90. The van der Waals surface area contributed by atoms with E-state index in [4.69, 9.17) is 5.73 Å². The van der Waals surface area contributed by atoms with Crippen LogP contribution in [0.4, 0.5) is 5.69 Å². The van der Waals surface area contributed by atoms with Gasteiger partial charge in [0.05, 0.1) is 17.6 Å². The van der Waals surface area contributed by atoms with Crippen LogP contribution in [-0.4, -0.2) is 22.6 Å². The summed E-state index contributed by atoms with van der Waals surface area (Å²) in [6.45, 7) is 0. The average molecular weight is 302 g/mol. The fourth-order valence-electron chi connectivity index (χ4n) is 1.49. The van der Waals surface area contributed by atoms with Crippen LogP contribution in [-0.2, 0) is 4.79 Å². The van der Waals surface area contributed by atoms with Crippen LogP contribution in [0.5, 0.6) is 0 Å². The summed E-state index contributed by atoms with van der Waals surface area (Å²) in [6, 6.07) is 10.4. The summed E-state index contributed by atoms with van der Waals surface area (Å²) < 4.78 is 0. The molecular formula is C14H14N4O2S. The summed E-state index contributed by atoms with van der Waals surface area (Å²) >= 11 is 1.27. The van der Waals surface area contributed by atoms with E-state index in [0.717, 1.165) is 4.90 Å². The Labute approximate surface area is 126 Å². The first-order valence-electron chi connectivity index (χ1n) is 6.13. The number of nitrogens with one attached hydrogen (secondary N) is 2. The molecule has 1 aromatic carbocycles. The Hall–Kier alpha value is -2.54. The molecule has 0 radical (unpaired) electrons. The Morgan fingerprint density at radius 2 is 1.90 bits per heavy atom. The van der Waals surface area contributed by atoms with Gasteiger partial charge in [-0.25, -0.2) is 0 Å². The van der Waals surface area contributed by atoms with E-state index in [0.29, 0.717) is 11.3 Å². The molecular weight excluding hydrogens is 288 g/mol. The summed E-state index contributed by atoms with van der Waals surface area (Å²) in [5, 5.41) is 0. The van der Waals surface area contributed by atoms with Crippen molar-refractivity contribution < 1.29 is 9.59 Å². The summed E-state index contributed by atoms with van der Waals surface area (Å²) in [5.41, 5.74) is 11.4. The van der Waals surface area contributed by atoms with Gasteiger partial charge in [0, 0.05) is 16.7 Å².